The molecule has 6 nitrogen and oxygen atoms in total. The van der Waals surface area contributed by atoms with Crippen molar-refractivity contribution in [2.45, 2.75) is 38.0 Å². The van der Waals surface area contributed by atoms with E-state index in [1.807, 2.05) is 6.07 Å². The Hall–Kier alpha value is -3.93. The van der Waals surface area contributed by atoms with E-state index in [2.05, 4.69) is 58.5 Å². The first kappa shape index (κ1) is 23.8. The summed E-state index contributed by atoms with van der Waals surface area (Å²) >= 11 is 0. The number of aromatic amines is 1. The Morgan fingerprint density at radius 1 is 0.833 bits per heavy atom. The Bertz CT molecular complexity index is 1360. The minimum Gasteiger partial charge on any atom is -0.469 e. The molecule has 0 unspecified atom stereocenters. The average molecular weight is 483 g/mol. The van der Waals surface area contributed by atoms with E-state index in [0.717, 1.165) is 53.7 Å². The van der Waals surface area contributed by atoms with Crippen molar-refractivity contribution >= 4 is 23.0 Å². The van der Waals surface area contributed by atoms with E-state index >= 15 is 0 Å². The summed E-state index contributed by atoms with van der Waals surface area (Å²) < 4.78 is 9.63. The van der Waals surface area contributed by atoms with Crippen molar-refractivity contribution in [3.8, 4) is 22.5 Å². The summed E-state index contributed by atoms with van der Waals surface area (Å²) in [6.45, 7) is 0. The highest BCUT2D eigenvalue weighted by Crippen LogP contribution is 2.38. The zero-order chi connectivity index (χ0) is 25.1. The molecule has 0 amide bonds. The number of ether oxygens (including phenoxy) is 2. The lowest BCUT2D eigenvalue weighted by atomic mass is 9.77. The van der Waals surface area contributed by atoms with Crippen LogP contribution in [0.25, 0.3) is 33.5 Å². The number of nitrogens with zero attached hydrogens (tertiary/aromatic N) is 1. The van der Waals surface area contributed by atoms with Crippen molar-refractivity contribution in [2.24, 2.45) is 5.92 Å². The Labute approximate surface area is 210 Å². The van der Waals surface area contributed by atoms with Crippen molar-refractivity contribution in [1.82, 2.24) is 9.97 Å². The number of methoxy groups -OCH3 is 2. The molecule has 0 aliphatic heterocycles. The van der Waals surface area contributed by atoms with E-state index in [-0.39, 0.29) is 11.9 Å². The summed E-state index contributed by atoms with van der Waals surface area (Å²) in [5, 5.41) is 0. The van der Waals surface area contributed by atoms with Gasteiger partial charge in [0.2, 0.25) is 0 Å². The Morgan fingerprint density at radius 2 is 1.47 bits per heavy atom. The molecule has 0 spiro atoms. The lowest BCUT2D eigenvalue weighted by molar-refractivity contribution is -0.142. The van der Waals surface area contributed by atoms with Gasteiger partial charge in [-0.1, -0.05) is 48.5 Å². The minimum absolute atomic E-state index is 0.0955. The van der Waals surface area contributed by atoms with Crippen LogP contribution in [0.2, 0.25) is 0 Å². The summed E-state index contributed by atoms with van der Waals surface area (Å²) in [6.07, 6.45) is 4.94. The smallest absolute Gasteiger partial charge is 0.337 e. The number of aromatic nitrogens is 2. The van der Waals surface area contributed by atoms with E-state index in [0.29, 0.717) is 23.8 Å². The molecule has 1 aromatic heterocycles. The molecule has 0 radical (unpaired) electrons. The van der Waals surface area contributed by atoms with E-state index in [4.69, 9.17) is 9.47 Å². The van der Waals surface area contributed by atoms with E-state index in [9.17, 15) is 9.59 Å². The molecule has 1 aliphatic carbocycles. The van der Waals surface area contributed by atoms with Gasteiger partial charge < -0.3 is 14.5 Å². The molecule has 5 rings (SSSR count). The molecule has 3 aromatic carbocycles. The van der Waals surface area contributed by atoms with Gasteiger partial charge in [-0.2, -0.15) is 0 Å². The maximum absolute atomic E-state index is 11.8. The second-order valence-electron chi connectivity index (χ2n) is 9.51. The molecule has 1 fully saturated rings. The number of rotatable bonds is 6. The monoisotopic (exact) mass is 482 g/mol. The third-order valence-electron chi connectivity index (χ3n) is 7.31. The molecule has 36 heavy (non-hydrogen) atoms. The lowest BCUT2D eigenvalue weighted by Crippen LogP contribution is -2.17. The van der Waals surface area contributed by atoms with Gasteiger partial charge in [0, 0.05) is 12.0 Å². The number of benzene rings is 3. The number of imidazole rings is 1. The predicted molar refractivity (Wildman–Crippen MR) is 140 cm³/mol. The Morgan fingerprint density at radius 3 is 2.11 bits per heavy atom. The first-order chi connectivity index (χ1) is 17.5. The van der Waals surface area contributed by atoms with Crippen molar-refractivity contribution in [3.63, 3.8) is 0 Å². The lowest BCUT2D eigenvalue weighted by Gasteiger charge is -2.28. The number of carbonyl (C=O) groups excluding carboxylic acids is 2. The highest BCUT2D eigenvalue weighted by atomic mass is 16.5. The van der Waals surface area contributed by atoms with Gasteiger partial charge in [-0.25, -0.2) is 9.78 Å². The van der Waals surface area contributed by atoms with Gasteiger partial charge >= 0.3 is 11.9 Å². The van der Waals surface area contributed by atoms with Crippen LogP contribution in [0.5, 0.6) is 0 Å². The molecule has 6 heteroatoms. The number of fused-ring (bicyclic) bond motifs is 1. The van der Waals surface area contributed by atoms with Gasteiger partial charge in [0.25, 0.3) is 0 Å². The van der Waals surface area contributed by atoms with Gasteiger partial charge in [0.1, 0.15) is 5.82 Å². The molecule has 0 atom stereocenters. The standard InChI is InChI=1S/C30H30N2O4/c1-35-28(33)17-19-3-5-20(6-4-19)21-7-9-22(10-8-21)23-11-13-24(14-12-23)29-31-26-16-15-25(30(34)36-2)18-27(26)32-29/h7-16,18-20H,3-6,17H2,1-2H3,(H,31,32)/t19-,20-. The first-order valence-corrected chi connectivity index (χ1v) is 12.4. The Balaban J connectivity index is 1.25. The van der Waals surface area contributed by atoms with E-state index in [1.54, 1.807) is 12.1 Å². The second-order valence-corrected chi connectivity index (χ2v) is 9.51. The van der Waals surface area contributed by atoms with Crippen LogP contribution >= 0.6 is 0 Å². The van der Waals surface area contributed by atoms with Crippen LogP contribution in [-0.2, 0) is 14.3 Å². The predicted octanol–water partition coefficient (Wildman–Crippen LogP) is 6.52. The molecular formula is C30H30N2O4. The third kappa shape index (κ3) is 5.03. The summed E-state index contributed by atoms with van der Waals surface area (Å²) in [4.78, 5) is 31.3. The van der Waals surface area contributed by atoms with Crippen LogP contribution in [0, 0.1) is 5.92 Å². The first-order valence-electron chi connectivity index (χ1n) is 12.4. The zero-order valence-corrected chi connectivity index (χ0v) is 20.6. The van der Waals surface area contributed by atoms with Crippen molar-refractivity contribution < 1.29 is 19.1 Å². The summed E-state index contributed by atoms with van der Waals surface area (Å²) in [5.74, 6) is 1.31. The van der Waals surface area contributed by atoms with Gasteiger partial charge in [-0.3, -0.25) is 4.79 Å². The van der Waals surface area contributed by atoms with Crippen molar-refractivity contribution in [2.75, 3.05) is 14.2 Å². The van der Waals surface area contributed by atoms with Crippen LogP contribution < -0.4 is 0 Å². The topological polar surface area (TPSA) is 81.3 Å². The molecule has 1 aliphatic rings. The fraction of sp³-hybridized carbons (Fsp3) is 0.300. The average Bonchev–Trinajstić information content (AvgIpc) is 3.37. The molecule has 0 bridgehead atoms. The van der Waals surface area contributed by atoms with Crippen LogP contribution in [0.15, 0.2) is 66.7 Å². The normalized spacial score (nSPS) is 17.6. The maximum Gasteiger partial charge on any atom is 0.337 e. The Kier molecular flexibility index (Phi) is 6.85. The van der Waals surface area contributed by atoms with Crippen LogP contribution in [0.4, 0.5) is 0 Å². The van der Waals surface area contributed by atoms with Gasteiger partial charge in [0.05, 0.1) is 30.8 Å². The molecule has 1 N–H and O–H groups in total. The van der Waals surface area contributed by atoms with E-state index < -0.39 is 0 Å². The second kappa shape index (κ2) is 10.4. The fourth-order valence-corrected chi connectivity index (χ4v) is 5.18. The summed E-state index contributed by atoms with van der Waals surface area (Å²) in [7, 11) is 2.84. The van der Waals surface area contributed by atoms with Gasteiger partial charge in [0.15, 0.2) is 0 Å². The number of hydrogen-bond acceptors (Lipinski definition) is 5. The maximum atomic E-state index is 11.8. The summed E-state index contributed by atoms with van der Waals surface area (Å²) in [6, 6.07) is 22.5. The molecule has 184 valence electrons. The molecule has 1 heterocycles. The van der Waals surface area contributed by atoms with Crippen LogP contribution in [0.3, 0.4) is 0 Å². The van der Waals surface area contributed by atoms with Crippen molar-refractivity contribution in [1.29, 1.82) is 0 Å². The molecule has 0 saturated heterocycles. The number of nitrogens with one attached hydrogen (secondary N) is 1. The zero-order valence-electron chi connectivity index (χ0n) is 20.6. The highest BCUT2D eigenvalue weighted by molar-refractivity contribution is 5.94. The van der Waals surface area contributed by atoms with E-state index in [1.165, 1.54) is 25.3 Å². The summed E-state index contributed by atoms with van der Waals surface area (Å²) in [5.41, 5.74) is 6.78. The van der Waals surface area contributed by atoms with Gasteiger partial charge in [-0.15, -0.1) is 0 Å². The minimum atomic E-state index is -0.366. The fourth-order valence-electron chi connectivity index (χ4n) is 5.18. The van der Waals surface area contributed by atoms with Crippen LogP contribution in [0.1, 0.15) is 53.9 Å². The van der Waals surface area contributed by atoms with Gasteiger partial charge in [-0.05, 0) is 72.4 Å². The van der Waals surface area contributed by atoms with Crippen molar-refractivity contribution in [3.05, 3.63) is 77.9 Å². The number of carbonyl (C=O) groups is 2. The highest BCUT2D eigenvalue weighted by Gasteiger charge is 2.24. The number of esters is 2. The molecular weight excluding hydrogens is 452 g/mol. The largest absolute Gasteiger partial charge is 0.469 e. The molecule has 4 aromatic rings. The quantitative estimate of drug-likeness (QED) is 0.316. The number of hydrogen-bond donors (Lipinski definition) is 1. The molecule has 1 saturated carbocycles. The SMILES string of the molecule is COC(=O)C[C@H]1CC[C@H](c2ccc(-c3ccc(-c4nc5ccc(C(=O)OC)cc5[nH]4)cc3)cc2)CC1. The third-order valence-corrected chi connectivity index (χ3v) is 7.31. The van der Waals surface area contributed by atoms with Crippen LogP contribution in [-0.4, -0.2) is 36.1 Å². The number of H-pyrrole nitrogens is 1.